The summed E-state index contributed by atoms with van der Waals surface area (Å²) < 4.78 is 6.00. The van der Waals surface area contributed by atoms with E-state index < -0.39 is 5.54 Å². The Morgan fingerprint density at radius 1 is 1.42 bits per heavy atom. The van der Waals surface area contributed by atoms with Gasteiger partial charge in [0.25, 0.3) is 0 Å². The molecule has 1 aromatic carbocycles. The molecule has 1 atom stereocenters. The van der Waals surface area contributed by atoms with E-state index in [9.17, 15) is 4.79 Å². The minimum atomic E-state index is -0.518. The number of aromatic nitrogens is 1. The molecule has 0 saturated carbocycles. The summed E-state index contributed by atoms with van der Waals surface area (Å²) in [5.74, 6) is 0. The van der Waals surface area contributed by atoms with Gasteiger partial charge in [-0.15, -0.1) is 11.3 Å². The number of hydrogen-bond donors (Lipinski definition) is 1. The molecule has 3 rings (SSSR count). The highest BCUT2D eigenvalue weighted by molar-refractivity contribution is 9.10. The van der Waals surface area contributed by atoms with E-state index in [0.717, 1.165) is 20.7 Å². The molecule has 1 fully saturated rings. The van der Waals surface area contributed by atoms with E-state index in [4.69, 9.17) is 4.74 Å². The maximum Gasteiger partial charge on any atom is 0.408 e. The van der Waals surface area contributed by atoms with Gasteiger partial charge in [0.05, 0.1) is 5.69 Å². The Balaban J connectivity index is 1.91. The number of hydrogen-bond acceptors (Lipinski definition) is 4. The highest BCUT2D eigenvalue weighted by Gasteiger charge is 2.39. The zero-order chi connectivity index (χ0) is 13.5. The fraction of sp³-hybridized carbons (Fsp3) is 0.231. The number of amides is 1. The Bertz CT molecular complexity index is 626. The predicted molar refractivity (Wildman–Crippen MR) is 77.1 cm³/mol. The highest BCUT2D eigenvalue weighted by Crippen LogP contribution is 2.31. The first-order valence-electron chi connectivity index (χ1n) is 5.74. The summed E-state index contributed by atoms with van der Waals surface area (Å²) in [7, 11) is 0. The van der Waals surface area contributed by atoms with Crippen LogP contribution in [0.1, 0.15) is 11.9 Å². The maximum absolute atomic E-state index is 11.2. The second-order valence-electron chi connectivity index (χ2n) is 4.58. The molecule has 1 N–H and O–H groups in total. The molecule has 1 amide bonds. The quantitative estimate of drug-likeness (QED) is 0.911. The summed E-state index contributed by atoms with van der Waals surface area (Å²) in [5, 5.41) is 5.65. The van der Waals surface area contributed by atoms with Gasteiger partial charge in [-0.2, -0.15) is 0 Å². The molecule has 1 aromatic heterocycles. The molecule has 6 heteroatoms. The average Bonchev–Trinajstić information content (AvgIpc) is 2.99. The van der Waals surface area contributed by atoms with Crippen molar-refractivity contribution in [2.75, 3.05) is 6.61 Å². The largest absolute Gasteiger partial charge is 0.447 e. The first kappa shape index (κ1) is 12.6. The van der Waals surface area contributed by atoms with E-state index in [0.29, 0.717) is 6.61 Å². The van der Waals surface area contributed by atoms with Gasteiger partial charge < -0.3 is 10.1 Å². The fourth-order valence-electron chi connectivity index (χ4n) is 1.90. The highest BCUT2D eigenvalue weighted by atomic mass is 79.9. The van der Waals surface area contributed by atoms with Crippen LogP contribution >= 0.6 is 27.3 Å². The molecular weight excluding hydrogens is 328 g/mol. The number of rotatable bonds is 2. The molecular formula is C13H11BrN2O2S. The van der Waals surface area contributed by atoms with Crippen molar-refractivity contribution in [1.29, 1.82) is 0 Å². The van der Waals surface area contributed by atoms with Crippen LogP contribution in [-0.2, 0) is 10.3 Å². The molecule has 1 saturated heterocycles. The summed E-state index contributed by atoms with van der Waals surface area (Å²) in [6.07, 6.45) is -0.386. The van der Waals surface area contributed by atoms with Crippen molar-refractivity contribution in [3.05, 3.63) is 39.1 Å². The van der Waals surface area contributed by atoms with Crippen molar-refractivity contribution in [1.82, 2.24) is 10.3 Å². The van der Waals surface area contributed by atoms with Crippen LogP contribution < -0.4 is 5.32 Å². The fourth-order valence-corrected chi connectivity index (χ4v) is 3.10. The Labute approximate surface area is 122 Å². The molecule has 0 radical (unpaired) electrons. The Kier molecular flexibility index (Phi) is 3.06. The van der Waals surface area contributed by atoms with E-state index >= 15 is 0 Å². The van der Waals surface area contributed by atoms with Gasteiger partial charge in [-0.1, -0.05) is 28.1 Å². The number of carbonyl (C=O) groups excluding carboxylic acids is 1. The second kappa shape index (κ2) is 4.61. The van der Waals surface area contributed by atoms with Crippen LogP contribution in [0, 0.1) is 0 Å². The van der Waals surface area contributed by atoms with Gasteiger partial charge in [0.2, 0.25) is 0 Å². The van der Waals surface area contributed by atoms with E-state index in [1.807, 2.05) is 36.6 Å². The topological polar surface area (TPSA) is 51.2 Å². The lowest BCUT2D eigenvalue weighted by Crippen LogP contribution is -2.37. The van der Waals surface area contributed by atoms with Crippen molar-refractivity contribution < 1.29 is 9.53 Å². The summed E-state index contributed by atoms with van der Waals surface area (Å²) >= 11 is 4.94. The van der Waals surface area contributed by atoms with Crippen LogP contribution in [0.2, 0.25) is 0 Å². The molecule has 4 nitrogen and oxygen atoms in total. The average molecular weight is 339 g/mol. The standard InChI is InChI=1S/C13H11BrN2O2S/c1-13(7-18-12(17)16-13)11-15-10(6-19-11)8-2-4-9(14)5-3-8/h2-6H,7H2,1H3,(H,16,17). The van der Waals surface area contributed by atoms with Crippen molar-refractivity contribution in [3.8, 4) is 11.3 Å². The molecule has 1 aliphatic rings. The molecule has 19 heavy (non-hydrogen) atoms. The minimum Gasteiger partial charge on any atom is -0.447 e. The van der Waals surface area contributed by atoms with Gasteiger partial charge in [-0.3, -0.25) is 0 Å². The summed E-state index contributed by atoms with van der Waals surface area (Å²) in [5.41, 5.74) is 1.45. The molecule has 98 valence electrons. The first-order valence-corrected chi connectivity index (χ1v) is 7.41. The van der Waals surface area contributed by atoms with E-state index in [-0.39, 0.29) is 6.09 Å². The molecule has 0 aliphatic carbocycles. The third kappa shape index (κ3) is 2.37. The number of nitrogens with zero attached hydrogens (tertiary/aromatic N) is 1. The molecule has 2 heterocycles. The third-order valence-electron chi connectivity index (χ3n) is 2.99. The summed E-state index contributed by atoms with van der Waals surface area (Å²) in [6.45, 7) is 2.24. The van der Waals surface area contributed by atoms with Crippen LogP contribution in [0.25, 0.3) is 11.3 Å². The molecule has 1 aliphatic heterocycles. The summed E-state index contributed by atoms with van der Waals surface area (Å²) in [6, 6.07) is 7.98. The summed E-state index contributed by atoms with van der Waals surface area (Å²) in [4.78, 5) is 15.8. The SMILES string of the molecule is CC1(c2nc(-c3ccc(Br)cc3)cs2)COC(=O)N1. The molecule has 0 bridgehead atoms. The van der Waals surface area contributed by atoms with Gasteiger partial charge in [-0.25, -0.2) is 9.78 Å². The lowest BCUT2D eigenvalue weighted by Gasteiger charge is -2.17. The monoisotopic (exact) mass is 338 g/mol. The zero-order valence-electron chi connectivity index (χ0n) is 10.1. The lowest BCUT2D eigenvalue weighted by atomic mass is 10.1. The maximum atomic E-state index is 11.2. The number of alkyl carbamates (subject to hydrolysis) is 1. The molecule has 1 unspecified atom stereocenters. The Hall–Kier alpha value is -1.40. The van der Waals surface area contributed by atoms with Gasteiger partial charge in [0, 0.05) is 15.4 Å². The minimum absolute atomic E-state index is 0.319. The molecule has 0 spiro atoms. The number of cyclic esters (lactones) is 1. The number of benzene rings is 1. The van der Waals surface area contributed by atoms with Crippen LogP contribution in [0.4, 0.5) is 4.79 Å². The van der Waals surface area contributed by atoms with Crippen LogP contribution in [0.3, 0.4) is 0 Å². The Morgan fingerprint density at radius 2 is 2.16 bits per heavy atom. The van der Waals surface area contributed by atoms with Crippen molar-refractivity contribution in [3.63, 3.8) is 0 Å². The normalized spacial score (nSPS) is 22.1. The van der Waals surface area contributed by atoms with Gasteiger partial charge in [0.15, 0.2) is 0 Å². The van der Waals surface area contributed by atoms with Crippen LogP contribution in [-0.4, -0.2) is 17.7 Å². The van der Waals surface area contributed by atoms with Gasteiger partial charge in [0.1, 0.15) is 17.2 Å². The van der Waals surface area contributed by atoms with Crippen molar-refractivity contribution >= 4 is 33.4 Å². The van der Waals surface area contributed by atoms with Crippen molar-refractivity contribution in [2.45, 2.75) is 12.5 Å². The third-order valence-corrected chi connectivity index (χ3v) is 4.62. The Morgan fingerprint density at radius 3 is 2.79 bits per heavy atom. The van der Waals surface area contributed by atoms with E-state index in [1.54, 1.807) is 0 Å². The number of ether oxygens (including phenoxy) is 1. The lowest BCUT2D eigenvalue weighted by molar-refractivity contribution is 0.173. The van der Waals surface area contributed by atoms with E-state index in [1.165, 1.54) is 11.3 Å². The van der Waals surface area contributed by atoms with Gasteiger partial charge in [-0.05, 0) is 19.1 Å². The smallest absolute Gasteiger partial charge is 0.408 e. The first-order chi connectivity index (χ1) is 9.07. The van der Waals surface area contributed by atoms with E-state index in [2.05, 4.69) is 26.2 Å². The molecule has 2 aromatic rings. The van der Waals surface area contributed by atoms with Crippen LogP contribution in [0.15, 0.2) is 34.1 Å². The van der Waals surface area contributed by atoms with Crippen molar-refractivity contribution in [2.24, 2.45) is 0 Å². The predicted octanol–water partition coefficient (Wildman–Crippen LogP) is 3.53. The van der Waals surface area contributed by atoms with Gasteiger partial charge >= 0.3 is 6.09 Å². The van der Waals surface area contributed by atoms with Crippen LogP contribution in [0.5, 0.6) is 0 Å². The number of nitrogens with one attached hydrogen (secondary N) is 1. The zero-order valence-corrected chi connectivity index (χ0v) is 12.5. The second-order valence-corrected chi connectivity index (χ2v) is 6.35. The number of carbonyl (C=O) groups is 1. The number of halogens is 1. The number of thiazole rings is 1.